The molecule has 0 bridgehead atoms. The van der Waals surface area contributed by atoms with Crippen LogP contribution in [0.1, 0.15) is 35.7 Å². The minimum Gasteiger partial charge on any atom is -0.310 e. The van der Waals surface area contributed by atoms with Crippen molar-refractivity contribution >= 4 is 0 Å². The third kappa shape index (κ3) is 4.20. The van der Waals surface area contributed by atoms with Crippen molar-refractivity contribution in [3.8, 4) is 0 Å². The molecule has 1 aromatic heterocycles. The van der Waals surface area contributed by atoms with Crippen LogP contribution in [0.2, 0.25) is 0 Å². The van der Waals surface area contributed by atoms with E-state index in [-0.39, 0.29) is 0 Å². The first kappa shape index (κ1) is 14.8. The first-order chi connectivity index (χ1) is 9.54. The molecule has 0 spiro atoms. The molecule has 1 aromatic carbocycles. The maximum Gasteiger partial charge on any atom is 0.0638 e. The van der Waals surface area contributed by atoms with Gasteiger partial charge in [-0.05, 0) is 39.2 Å². The van der Waals surface area contributed by atoms with Gasteiger partial charge >= 0.3 is 0 Å². The summed E-state index contributed by atoms with van der Waals surface area (Å²) in [5.41, 5.74) is 5.17. The molecule has 1 heterocycles. The van der Waals surface area contributed by atoms with E-state index in [2.05, 4.69) is 61.6 Å². The quantitative estimate of drug-likeness (QED) is 0.874. The molecule has 2 rings (SSSR count). The van der Waals surface area contributed by atoms with Gasteiger partial charge in [-0.1, -0.05) is 29.8 Å². The number of hydrogen-bond donors (Lipinski definition) is 1. The highest BCUT2D eigenvalue weighted by Gasteiger charge is 2.06. The third-order valence-electron chi connectivity index (χ3n) is 3.70. The van der Waals surface area contributed by atoms with E-state index >= 15 is 0 Å². The average molecular weight is 271 g/mol. The van der Waals surface area contributed by atoms with Crippen LogP contribution in [0.3, 0.4) is 0 Å². The first-order valence-electron chi connectivity index (χ1n) is 7.32. The van der Waals surface area contributed by atoms with Crippen LogP contribution in [0.5, 0.6) is 0 Å². The molecule has 0 aliphatic rings. The Morgan fingerprint density at radius 1 is 1.30 bits per heavy atom. The number of aryl methyl sites for hydroxylation is 4. The van der Waals surface area contributed by atoms with E-state index < -0.39 is 0 Å². The van der Waals surface area contributed by atoms with Gasteiger partial charge < -0.3 is 5.32 Å². The SMILES string of the molecule is Cc1cccc(CCC(C)NCc2cn(C)nc2C)c1. The zero-order valence-corrected chi connectivity index (χ0v) is 13.0. The van der Waals surface area contributed by atoms with Gasteiger partial charge in [0.05, 0.1) is 5.69 Å². The largest absolute Gasteiger partial charge is 0.310 e. The lowest BCUT2D eigenvalue weighted by atomic mass is 10.0. The van der Waals surface area contributed by atoms with Gasteiger partial charge in [0.25, 0.3) is 0 Å². The van der Waals surface area contributed by atoms with Gasteiger partial charge in [-0.25, -0.2) is 0 Å². The molecule has 2 aromatic rings. The van der Waals surface area contributed by atoms with Gasteiger partial charge in [-0.2, -0.15) is 5.10 Å². The Kier molecular flexibility index (Phi) is 4.96. The second kappa shape index (κ2) is 6.71. The number of aromatic nitrogens is 2. The van der Waals surface area contributed by atoms with Crippen LogP contribution in [-0.4, -0.2) is 15.8 Å². The lowest BCUT2D eigenvalue weighted by molar-refractivity contribution is 0.513. The summed E-state index contributed by atoms with van der Waals surface area (Å²) in [5.74, 6) is 0. The Morgan fingerprint density at radius 3 is 2.75 bits per heavy atom. The van der Waals surface area contributed by atoms with Crippen molar-refractivity contribution in [3.05, 3.63) is 52.8 Å². The number of nitrogens with one attached hydrogen (secondary N) is 1. The fourth-order valence-electron chi connectivity index (χ4n) is 2.46. The minimum atomic E-state index is 0.509. The standard InChI is InChI=1S/C17H25N3/c1-13-6-5-7-16(10-13)9-8-14(2)18-11-17-12-20(4)19-15(17)3/h5-7,10,12,14,18H,8-9,11H2,1-4H3. The van der Waals surface area contributed by atoms with Gasteiger partial charge in [0.2, 0.25) is 0 Å². The summed E-state index contributed by atoms with van der Waals surface area (Å²) in [6.07, 6.45) is 4.38. The molecular weight excluding hydrogens is 246 g/mol. The number of benzene rings is 1. The molecule has 1 unspecified atom stereocenters. The van der Waals surface area contributed by atoms with Crippen LogP contribution in [0.15, 0.2) is 30.5 Å². The lowest BCUT2D eigenvalue weighted by Gasteiger charge is -2.13. The van der Waals surface area contributed by atoms with E-state index in [0.717, 1.165) is 25.1 Å². The minimum absolute atomic E-state index is 0.509. The van der Waals surface area contributed by atoms with Gasteiger partial charge in [-0.3, -0.25) is 4.68 Å². The van der Waals surface area contributed by atoms with Crippen molar-refractivity contribution in [3.63, 3.8) is 0 Å². The predicted octanol–water partition coefficient (Wildman–Crippen LogP) is 3.15. The summed E-state index contributed by atoms with van der Waals surface area (Å²) in [6, 6.07) is 9.29. The summed E-state index contributed by atoms with van der Waals surface area (Å²) in [4.78, 5) is 0. The van der Waals surface area contributed by atoms with E-state index in [4.69, 9.17) is 0 Å². The second-order valence-electron chi connectivity index (χ2n) is 5.72. The van der Waals surface area contributed by atoms with Crippen LogP contribution in [0, 0.1) is 13.8 Å². The van der Waals surface area contributed by atoms with E-state index in [1.807, 2.05) is 11.7 Å². The molecule has 0 aliphatic carbocycles. The topological polar surface area (TPSA) is 29.9 Å². The highest BCUT2D eigenvalue weighted by atomic mass is 15.2. The fourth-order valence-corrected chi connectivity index (χ4v) is 2.46. The van der Waals surface area contributed by atoms with Crippen LogP contribution in [0.4, 0.5) is 0 Å². The van der Waals surface area contributed by atoms with Crippen LogP contribution in [0.25, 0.3) is 0 Å². The molecule has 0 aliphatic heterocycles. The summed E-state index contributed by atoms with van der Waals surface area (Å²) in [7, 11) is 1.97. The van der Waals surface area contributed by atoms with Crippen LogP contribution < -0.4 is 5.32 Å². The van der Waals surface area contributed by atoms with Gasteiger partial charge in [-0.15, -0.1) is 0 Å². The van der Waals surface area contributed by atoms with E-state index in [9.17, 15) is 0 Å². The second-order valence-corrected chi connectivity index (χ2v) is 5.72. The van der Waals surface area contributed by atoms with Crippen LogP contribution >= 0.6 is 0 Å². The first-order valence-corrected chi connectivity index (χ1v) is 7.32. The molecule has 0 saturated carbocycles. The average Bonchev–Trinajstić information content (AvgIpc) is 2.72. The normalized spacial score (nSPS) is 12.6. The molecule has 20 heavy (non-hydrogen) atoms. The molecule has 3 nitrogen and oxygen atoms in total. The molecule has 0 radical (unpaired) electrons. The van der Waals surface area contributed by atoms with Crippen molar-refractivity contribution in [1.82, 2.24) is 15.1 Å². The van der Waals surface area contributed by atoms with Gasteiger partial charge in [0, 0.05) is 31.4 Å². The van der Waals surface area contributed by atoms with Gasteiger partial charge in [0.15, 0.2) is 0 Å². The van der Waals surface area contributed by atoms with Crippen molar-refractivity contribution in [2.75, 3.05) is 0 Å². The summed E-state index contributed by atoms with van der Waals surface area (Å²) >= 11 is 0. The molecule has 0 saturated heterocycles. The Morgan fingerprint density at radius 2 is 2.10 bits per heavy atom. The Hall–Kier alpha value is -1.61. The maximum absolute atomic E-state index is 4.37. The zero-order valence-electron chi connectivity index (χ0n) is 13.0. The Labute approximate surface area is 122 Å². The molecule has 0 fully saturated rings. The van der Waals surface area contributed by atoms with Crippen LogP contribution in [-0.2, 0) is 20.0 Å². The van der Waals surface area contributed by atoms with Crippen molar-refractivity contribution in [1.29, 1.82) is 0 Å². The zero-order chi connectivity index (χ0) is 14.5. The fraction of sp³-hybridized carbons (Fsp3) is 0.471. The Bertz CT molecular complexity index is 557. The molecule has 1 atom stereocenters. The maximum atomic E-state index is 4.37. The number of nitrogens with zero attached hydrogens (tertiary/aromatic N) is 2. The van der Waals surface area contributed by atoms with E-state index in [1.165, 1.54) is 16.7 Å². The summed E-state index contributed by atoms with van der Waals surface area (Å²) in [5, 5.41) is 7.95. The van der Waals surface area contributed by atoms with Gasteiger partial charge in [0.1, 0.15) is 0 Å². The monoisotopic (exact) mass is 271 g/mol. The summed E-state index contributed by atoms with van der Waals surface area (Å²) in [6.45, 7) is 7.36. The molecular formula is C17H25N3. The van der Waals surface area contributed by atoms with Crippen molar-refractivity contribution in [2.45, 2.75) is 46.2 Å². The highest BCUT2D eigenvalue weighted by Crippen LogP contribution is 2.09. The van der Waals surface area contributed by atoms with E-state index in [0.29, 0.717) is 6.04 Å². The molecule has 0 amide bonds. The predicted molar refractivity (Wildman–Crippen MR) is 83.7 cm³/mol. The van der Waals surface area contributed by atoms with Crippen molar-refractivity contribution < 1.29 is 0 Å². The third-order valence-corrected chi connectivity index (χ3v) is 3.70. The summed E-state index contributed by atoms with van der Waals surface area (Å²) < 4.78 is 1.88. The highest BCUT2D eigenvalue weighted by molar-refractivity contribution is 5.22. The molecule has 108 valence electrons. The number of hydrogen-bond acceptors (Lipinski definition) is 2. The smallest absolute Gasteiger partial charge is 0.0638 e. The van der Waals surface area contributed by atoms with Crippen molar-refractivity contribution in [2.24, 2.45) is 7.05 Å². The lowest BCUT2D eigenvalue weighted by Crippen LogP contribution is -2.26. The molecule has 3 heteroatoms. The molecule has 1 N–H and O–H groups in total. The Balaban J connectivity index is 1.78. The number of rotatable bonds is 6. The van der Waals surface area contributed by atoms with E-state index in [1.54, 1.807) is 0 Å².